The number of non-ortho nitro benzene ring substituents is 1. The molecule has 0 saturated carbocycles. The molecule has 1 heterocycles. The fraction of sp³-hybridized carbons (Fsp3) is 0.538. The van der Waals surface area contributed by atoms with Crippen molar-refractivity contribution in [3.05, 3.63) is 34.4 Å². The van der Waals surface area contributed by atoms with Gasteiger partial charge in [-0.1, -0.05) is 6.92 Å². The summed E-state index contributed by atoms with van der Waals surface area (Å²) in [4.78, 5) is 10.1. The molecule has 8 heteroatoms. The molecule has 1 fully saturated rings. The number of hydrogen-bond donors (Lipinski definition) is 2. The third-order valence-corrected chi connectivity index (χ3v) is 5.27. The minimum Gasteiger partial charge on any atom is -0.317 e. The van der Waals surface area contributed by atoms with E-state index in [-0.39, 0.29) is 16.0 Å². The third kappa shape index (κ3) is 3.99. The first-order valence-corrected chi connectivity index (χ1v) is 8.26. The highest BCUT2D eigenvalue weighted by atomic mass is 32.2. The van der Waals surface area contributed by atoms with Crippen LogP contribution in [0.3, 0.4) is 0 Å². The van der Waals surface area contributed by atoms with Crippen molar-refractivity contribution in [1.82, 2.24) is 10.0 Å². The summed E-state index contributed by atoms with van der Waals surface area (Å²) >= 11 is 0. The van der Waals surface area contributed by atoms with Gasteiger partial charge >= 0.3 is 0 Å². The summed E-state index contributed by atoms with van der Waals surface area (Å²) in [6, 6.07) is 4.90. The van der Waals surface area contributed by atoms with Gasteiger partial charge in [-0.3, -0.25) is 10.1 Å². The molecule has 0 bridgehead atoms. The molecule has 0 amide bonds. The highest BCUT2D eigenvalue weighted by molar-refractivity contribution is 7.89. The highest BCUT2D eigenvalue weighted by Gasteiger charge is 2.28. The van der Waals surface area contributed by atoms with Gasteiger partial charge in [0, 0.05) is 18.7 Å². The van der Waals surface area contributed by atoms with E-state index >= 15 is 0 Å². The van der Waals surface area contributed by atoms with E-state index in [9.17, 15) is 18.5 Å². The predicted octanol–water partition coefficient (Wildman–Crippen LogP) is 1.26. The van der Waals surface area contributed by atoms with E-state index < -0.39 is 14.9 Å². The molecular formula is C13H19N3O4S. The average molecular weight is 313 g/mol. The number of nitrogens with zero attached hydrogens (tertiary/aromatic N) is 1. The summed E-state index contributed by atoms with van der Waals surface area (Å²) in [7, 11) is -3.63. The van der Waals surface area contributed by atoms with Crippen molar-refractivity contribution < 1.29 is 13.3 Å². The largest absolute Gasteiger partial charge is 0.317 e. The van der Waals surface area contributed by atoms with Crippen molar-refractivity contribution in [2.45, 2.75) is 24.7 Å². The highest BCUT2D eigenvalue weighted by Crippen LogP contribution is 2.27. The molecule has 116 valence electrons. The van der Waals surface area contributed by atoms with Gasteiger partial charge in [0.2, 0.25) is 10.0 Å². The van der Waals surface area contributed by atoms with Crippen LogP contribution in [0.5, 0.6) is 0 Å². The zero-order valence-corrected chi connectivity index (χ0v) is 12.6. The molecule has 0 unspecified atom stereocenters. The molecule has 21 heavy (non-hydrogen) atoms. The number of benzene rings is 1. The quantitative estimate of drug-likeness (QED) is 0.629. The number of hydrogen-bond acceptors (Lipinski definition) is 5. The van der Waals surface area contributed by atoms with Crippen molar-refractivity contribution in [2.75, 3.05) is 19.6 Å². The minimum absolute atomic E-state index is 0.0469. The van der Waals surface area contributed by atoms with Gasteiger partial charge in [-0.15, -0.1) is 0 Å². The first kappa shape index (κ1) is 15.9. The van der Waals surface area contributed by atoms with Gasteiger partial charge in [0.15, 0.2) is 0 Å². The van der Waals surface area contributed by atoms with E-state index in [1.54, 1.807) is 0 Å². The number of nitro benzene ring substituents is 1. The second-order valence-electron chi connectivity index (χ2n) is 5.64. The van der Waals surface area contributed by atoms with Crippen LogP contribution in [0.1, 0.15) is 19.8 Å². The molecule has 1 aromatic rings. The van der Waals surface area contributed by atoms with Crippen LogP contribution in [0.2, 0.25) is 0 Å². The molecule has 0 atom stereocenters. The Bertz CT molecular complexity index is 607. The lowest BCUT2D eigenvalue weighted by molar-refractivity contribution is -0.384. The molecule has 7 nitrogen and oxygen atoms in total. The number of sulfonamides is 1. The Hall–Kier alpha value is -1.51. The molecular weight excluding hydrogens is 294 g/mol. The maximum Gasteiger partial charge on any atom is 0.269 e. The predicted molar refractivity (Wildman–Crippen MR) is 78.5 cm³/mol. The third-order valence-electron chi connectivity index (χ3n) is 3.86. The first-order valence-electron chi connectivity index (χ1n) is 6.77. The Labute approximate surface area is 123 Å². The second kappa shape index (κ2) is 6.08. The molecule has 0 aliphatic carbocycles. The molecule has 2 N–H and O–H groups in total. The standard InChI is InChI=1S/C13H19N3O4S/c1-13(6-8-14-9-7-13)10-15-21(19,20)12-4-2-11(3-5-12)16(17)18/h2-5,14-15H,6-10H2,1H3. The molecule has 1 aliphatic rings. The summed E-state index contributed by atoms with van der Waals surface area (Å²) in [5.41, 5.74) is -0.182. The van der Waals surface area contributed by atoms with E-state index in [2.05, 4.69) is 17.0 Å². The first-order chi connectivity index (χ1) is 9.82. The Balaban J connectivity index is 2.05. The fourth-order valence-electron chi connectivity index (χ4n) is 2.31. The lowest BCUT2D eigenvalue weighted by atomic mass is 9.81. The van der Waals surface area contributed by atoms with Gasteiger partial charge in [-0.05, 0) is 43.5 Å². The van der Waals surface area contributed by atoms with E-state index in [1.165, 1.54) is 24.3 Å². The smallest absolute Gasteiger partial charge is 0.269 e. The zero-order valence-electron chi connectivity index (χ0n) is 11.8. The van der Waals surface area contributed by atoms with Gasteiger partial charge in [0.1, 0.15) is 0 Å². The van der Waals surface area contributed by atoms with Crippen molar-refractivity contribution in [1.29, 1.82) is 0 Å². The maximum absolute atomic E-state index is 12.2. The van der Waals surface area contributed by atoms with Crippen LogP contribution < -0.4 is 10.0 Å². The van der Waals surface area contributed by atoms with Crippen LogP contribution in [0, 0.1) is 15.5 Å². The van der Waals surface area contributed by atoms with E-state index in [0.29, 0.717) is 6.54 Å². The van der Waals surface area contributed by atoms with Crippen molar-refractivity contribution in [3.63, 3.8) is 0 Å². The van der Waals surface area contributed by atoms with Crippen LogP contribution >= 0.6 is 0 Å². The number of nitro groups is 1. The second-order valence-corrected chi connectivity index (χ2v) is 7.40. The summed E-state index contributed by atoms with van der Waals surface area (Å²) < 4.78 is 27.0. The van der Waals surface area contributed by atoms with Crippen LogP contribution in [0.25, 0.3) is 0 Å². The monoisotopic (exact) mass is 313 g/mol. The van der Waals surface area contributed by atoms with E-state index in [0.717, 1.165) is 25.9 Å². The molecule has 0 spiro atoms. The molecule has 0 aromatic heterocycles. The maximum atomic E-state index is 12.2. The Morgan fingerprint density at radius 2 is 1.86 bits per heavy atom. The summed E-state index contributed by atoms with van der Waals surface area (Å²) in [5.74, 6) is 0. The summed E-state index contributed by atoms with van der Waals surface area (Å²) in [6.45, 7) is 4.20. The van der Waals surface area contributed by atoms with Crippen molar-refractivity contribution >= 4 is 15.7 Å². The minimum atomic E-state index is -3.63. The number of nitrogens with one attached hydrogen (secondary N) is 2. The van der Waals surface area contributed by atoms with E-state index in [1.807, 2.05) is 0 Å². The lowest BCUT2D eigenvalue weighted by Gasteiger charge is -2.34. The van der Waals surface area contributed by atoms with Crippen molar-refractivity contribution in [3.8, 4) is 0 Å². The molecule has 0 radical (unpaired) electrons. The van der Waals surface area contributed by atoms with Gasteiger partial charge < -0.3 is 5.32 Å². The Morgan fingerprint density at radius 1 is 1.29 bits per heavy atom. The van der Waals surface area contributed by atoms with Crippen molar-refractivity contribution in [2.24, 2.45) is 5.41 Å². The van der Waals surface area contributed by atoms with Crippen LogP contribution in [-0.2, 0) is 10.0 Å². The summed E-state index contributed by atoms with van der Waals surface area (Å²) in [6.07, 6.45) is 1.82. The average Bonchev–Trinajstić information content (AvgIpc) is 2.46. The van der Waals surface area contributed by atoms with Gasteiger partial charge in [0.25, 0.3) is 5.69 Å². The zero-order chi connectivity index (χ0) is 15.5. The lowest BCUT2D eigenvalue weighted by Crippen LogP contribution is -2.42. The Kier molecular flexibility index (Phi) is 4.60. The number of rotatable bonds is 5. The van der Waals surface area contributed by atoms with E-state index in [4.69, 9.17) is 0 Å². The molecule has 1 saturated heterocycles. The normalized spacial score (nSPS) is 18.3. The molecule has 2 rings (SSSR count). The number of piperidine rings is 1. The topological polar surface area (TPSA) is 101 Å². The van der Waals surface area contributed by atoms with Crippen LogP contribution in [0.15, 0.2) is 29.2 Å². The van der Waals surface area contributed by atoms with Crippen LogP contribution in [-0.4, -0.2) is 33.0 Å². The van der Waals surface area contributed by atoms with Gasteiger partial charge in [0.05, 0.1) is 9.82 Å². The van der Waals surface area contributed by atoms with Gasteiger partial charge in [-0.2, -0.15) is 0 Å². The fourth-order valence-corrected chi connectivity index (χ4v) is 3.51. The summed E-state index contributed by atoms with van der Waals surface area (Å²) in [5, 5.41) is 13.8. The SMILES string of the molecule is CC1(CNS(=O)(=O)c2ccc([N+](=O)[O-])cc2)CCNCC1. The van der Waals surface area contributed by atoms with Gasteiger partial charge in [-0.25, -0.2) is 13.1 Å². The van der Waals surface area contributed by atoms with Crippen LogP contribution in [0.4, 0.5) is 5.69 Å². The molecule has 1 aliphatic heterocycles. The Morgan fingerprint density at radius 3 is 2.38 bits per heavy atom. The molecule has 1 aromatic carbocycles.